The van der Waals surface area contributed by atoms with Crippen molar-refractivity contribution < 1.29 is 19.7 Å². The molecular weight excluding hydrogens is 246 g/mol. The molecule has 5 heteroatoms. The fourth-order valence-electron chi connectivity index (χ4n) is 2.28. The third-order valence-corrected chi connectivity index (χ3v) is 3.29. The van der Waals surface area contributed by atoms with E-state index in [2.05, 4.69) is 4.90 Å². The average Bonchev–Trinajstić information content (AvgIpc) is 2.93. The van der Waals surface area contributed by atoms with E-state index in [1.54, 1.807) is 19.1 Å². The Morgan fingerprint density at radius 2 is 2.11 bits per heavy atom. The first-order valence-corrected chi connectivity index (χ1v) is 6.56. The van der Waals surface area contributed by atoms with Gasteiger partial charge in [0.15, 0.2) is 6.10 Å². The molecule has 2 N–H and O–H groups in total. The number of hydrogen-bond acceptors (Lipinski definition) is 5. The van der Waals surface area contributed by atoms with Crippen molar-refractivity contribution in [2.75, 3.05) is 24.6 Å². The standard InChI is InChI=1S/C14H19NO4/c1-2-19-14(18)13(17)11-9-10(5-6-12(11)16)15-7-3-4-8-15/h5-6,9,13,16-17H,2-4,7-8H2,1H3. The third-order valence-electron chi connectivity index (χ3n) is 3.29. The smallest absolute Gasteiger partial charge is 0.339 e. The number of anilines is 1. The number of aliphatic hydroxyl groups is 1. The van der Waals surface area contributed by atoms with Gasteiger partial charge >= 0.3 is 5.97 Å². The van der Waals surface area contributed by atoms with Gasteiger partial charge in [-0.05, 0) is 38.0 Å². The molecule has 1 aliphatic rings. The minimum absolute atomic E-state index is 0.0940. The molecule has 1 aliphatic heterocycles. The van der Waals surface area contributed by atoms with E-state index in [-0.39, 0.29) is 17.9 Å². The van der Waals surface area contributed by atoms with Gasteiger partial charge in [0.2, 0.25) is 0 Å². The number of hydrogen-bond donors (Lipinski definition) is 2. The van der Waals surface area contributed by atoms with Crippen LogP contribution in [0.1, 0.15) is 31.4 Å². The van der Waals surface area contributed by atoms with Crippen LogP contribution in [0.4, 0.5) is 5.69 Å². The van der Waals surface area contributed by atoms with Gasteiger partial charge in [-0.15, -0.1) is 0 Å². The third kappa shape index (κ3) is 2.98. The van der Waals surface area contributed by atoms with Gasteiger partial charge in [0.05, 0.1) is 6.61 Å². The topological polar surface area (TPSA) is 70.0 Å². The largest absolute Gasteiger partial charge is 0.508 e. The van der Waals surface area contributed by atoms with Gasteiger partial charge < -0.3 is 19.8 Å². The minimum atomic E-state index is -1.44. The van der Waals surface area contributed by atoms with Gasteiger partial charge in [-0.1, -0.05) is 0 Å². The Morgan fingerprint density at radius 1 is 1.42 bits per heavy atom. The van der Waals surface area contributed by atoms with Crippen LogP contribution in [0.25, 0.3) is 0 Å². The Hall–Kier alpha value is -1.75. The van der Waals surface area contributed by atoms with Crippen molar-refractivity contribution in [3.8, 4) is 5.75 Å². The number of nitrogens with zero attached hydrogens (tertiary/aromatic N) is 1. The first-order chi connectivity index (χ1) is 9.13. The molecule has 1 heterocycles. The number of aromatic hydroxyl groups is 1. The summed E-state index contributed by atoms with van der Waals surface area (Å²) in [6, 6.07) is 4.95. The van der Waals surface area contributed by atoms with Gasteiger partial charge in [0.25, 0.3) is 0 Å². The normalized spacial score (nSPS) is 16.4. The molecule has 0 aliphatic carbocycles. The number of esters is 1. The van der Waals surface area contributed by atoms with Crippen LogP contribution in [-0.4, -0.2) is 35.9 Å². The summed E-state index contributed by atoms with van der Waals surface area (Å²) in [5, 5.41) is 19.7. The van der Waals surface area contributed by atoms with Crippen LogP contribution in [0, 0.1) is 0 Å². The summed E-state index contributed by atoms with van der Waals surface area (Å²) in [7, 11) is 0. The molecule has 1 atom stereocenters. The maximum Gasteiger partial charge on any atom is 0.339 e. The lowest BCUT2D eigenvalue weighted by molar-refractivity contribution is -0.153. The van der Waals surface area contributed by atoms with Crippen molar-refractivity contribution in [1.82, 2.24) is 0 Å². The second-order valence-electron chi connectivity index (χ2n) is 4.59. The Labute approximate surface area is 112 Å². The van der Waals surface area contributed by atoms with Crippen LogP contribution in [0.15, 0.2) is 18.2 Å². The van der Waals surface area contributed by atoms with E-state index < -0.39 is 12.1 Å². The second-order valence-corrected chi connectivity index (χ2v) is 4.59. The number of benzene rings is 1. The number of phenols is 1. The predicted molar refractivity (Wildman–Crippen MR) is 71.1 cm³/mol. The fraction of sp³-hybridized carbons (Fsp3) is 0.500. The number of phenolic OH excluding ortho intramolecular Hbond substituents is 1. The highest BCUT2D eigenvalue weighted by molar-refractivity contribution is 5.78. The quantitative estimate of drug-likeness (QED) is 0.809. The Balaban J connectivity index is 2.23. The molecule has 0 aromatic heterocycles. The summed E-state index contributed by atoms with van der Waals surface area (Å²) in [5.74, 6) is -0.833. The van der Waals surface area contributed by atoms with E-state index >= 15 is 0 Å². The average molecular weight is 265 g/mol. The number of aliphatic hydroxyl groups excluding tert-OH is 1. The molecule has 5 nitrogen and oxygen atoms in total. The van der Waals surface area contributed by atoms with Crippen LogP contribution < -0.4 is 4.90 Å². The predicted octanol–water partition coefficient (Wildman–Crippen LogP) is 1.59. The van der Waals surface area contributed by atoms with E-state index in [4.69, 9.17) is 4.74 Å². The molecule has 1 unspecified atom stereocenters. The first-order valence-electron chi connectivity index (χ1n) is 6.56. The van der Waals surface area contributed by atoms with Crippen molar-refractivity contribution in [2.24, 2.45) is 0 Å². The van der Waals surface area contributed by atoms with Crippen LogP contribution in [-0.2, 0) is 9.53 Å². The molecule has 0 amide bonds. The lowest BCUT2D eigenvalue weighted by Gasteiger charge is -2.20. The van der Waals surface area contributed by atoms with Crippen molar-refractivity contribution in [3.63, 3.8) is 0 Å². The lowest BCUT2D eigenvalue weighted by atomic mass is 10.1. The Bertz CT molecular complexity index is 455. The van der Waals surface area contributed by atoms with Crippen LogP contribution in [0.2, 0.25) is 0 Å². The highest BCUT2D eigenvalue weighted by atomic mass is 16.5. The molecule has 104 valence electrons. The zero-order valence-electron chi connectivity index (χ0n) is 11.0. The Morgan fingerprint density at radius 3 is 2.74 bits per heavy atom. The molecule has 0 spiro atoms. The van der Waals surface area contributed by atoms with E-state index in [0.29, 0.717) is 0 Å². The van der Waals surface area contributed by atoms with E-state index in [0.717, 1.165) is 31.6 Å². The molecule has 0 radical (unpaired) electrons. The van der Waals surface area contributed by atoms with Crippen molar-refractivity contribution in [3.05, 3.63) is 23.8 Å². The molecule has 2 rings (SSSR count). The van der Waals surface area contributed by atoms with Crippen molar-refractivity contribution in [1.29, 1.82) is 0 Å². The molecule has 0 saturated carbocycles. The molecular formula is C14H19NO4. The van der Waals surface area contributed by atoms with Crippen LogP contribution in [0.5, 0.6) is 5.75 Å². The zero-order valence-corrected chi connectivity index (χ0v) is 11.0. The van der Waals surface area contributed by atoms with Gasteiger partial charge in [-0.25, -0.2) is 4.79 Å². The minimum Gasteiger partial charge on any atom is -0.508 e. The van der Waals surface area contributed by atoms with Crippen LogP contribution in [0.3, 0.4) is 0 Å². The van der Waals surface area contributed by atoms with Gasteiger partial charge in [0.1, 0.15) is 5.75 Å². The maximum atomic E-state index is 11.5. The summed E-state index contributed by atoms with van der Waals surface area (Å²) >= 11 is 0. The highest BCUT2D eigenvalue weighted by Gasteiger charge is 2.23. The molecule has 0 bridgehead atoms. The number of carbonyl (C=O) groups is 1. The number of carbonyl (C=O) groups excluding carboxylic acids is 1. The van der Waals surface area contributed by atoms with E-state index in [1.807, 2.05) is 0 Å². The summed E-state index contributed by atoms with van der Waals surface area (Å²) in [6.45, 7) is 3.78. The molecule has 1 fully saturated rings. The van der Waals surface area contributed by atoms with Gasteiger partial charge in [-0.3, -0.25) is 0 Å². The van der Waals surface area contributed by atoms with Crippen molar-refractivity contribution in [2.45, 2.75) is 25.9 Å². The van der Waals surface area contributed by atoms with Crippen LogP contribution >= 0.6 is 0 Å². The van der Waals surface area contributed by atoms with Gasteiger partial charge in [0, 0.05) is 24.3 Å². The molecule has 1 saturated heterocycles. The van der Waals surface area contributed by atoms with E-state index in [9.17, 15) is 15.0 Å². The zero-order chi connectivity index (χ0) is 13.8. The molecule has 1 aromatic carbocycles. The maximum absolute atomic E-state index is 11.5. The van der Waals surface area contributed by atoms with Crippen molar-refractivity contribution >= 4 is 11.7 Å². The monoisotopic (exact) mass is 265 g/mol. The highest BCUT2D eigenvalue weighted by Crippen LogP contribution is 2.31. The fourth-order valence-corrected chi connectivity index (χ4v) is 2.28. The summed E-state index contributed by atoms with van der Waals surface area (Å²) < 4.78 is 4.76. The van der Waals surface area contributed by atoms with E-state index in [1.165, 1.54) is 6.07 Å². The molecule has 1 aromatic rings. The number of ether oxygens (including phenoxy) is 1. The second kappa shape index (κ2) is 5.93. The summed E-state index contributed by atoms with van der Waals surface area (Å²) in [4.78, 5) is 13.7. The first kappa shape index (κ1) is 13.7. The summed E-state index contributed by atoms with van der Waals surface area (Å²) in [6.07, 6.45) is 0.829. The SMILES string of the molecule is CCOC(=O)C(O)c1cc(N2CCCC2)ccc1O. The lowest BCUT2D eigenvalue weighted by Crippen LogP contribution is -2.19. The van der Waals surface area contributed by atoms with Gasteiger partial charge in [-0.2, -0.15) is 0 Å². The molecule has 19 heavy (non-hydrogen) atoms. The Kier molecular flexibility index (Phi) is 4.27. The number of rotatable bonds is 4. The summed E-state index contributed by atoms with van der Waals surface area (Å²) in [5.41, 5.74) is 1.11.